The van der Waals surface area contributed by atoms with Gasteiger partial charge in [0.1, 0.15) is 0 Å². The van der Waals surface area contributed by atoms with Crippen LogP contribution in [0.3, 0.4) is 0 Å². The fourth-order valence-corrected chi connectivity index (χ4v) is 2.16. The van der Waals surface area contributed by atoms with Crippen molar-refractivity contribution in [3.8, 4) is 0 Å². The van der Waals surface area contributed by atoms with Crippen LogP contribution in [0.4, 0.5) is 0 Å². The van der Waals surface area contributed by atoms with Crippen molar-refractivity contribution in [1.29, 1.82) is 0 Å². The molecule has 0 radical (unpaired) electrons. The Labute approximate surface area is 160 Å². The van der Waals surface area contributed by atoms with Gasteiger partial charge in [-0.2, -0.15) is 0 Å². The number of rotatable bonds is 15. The molecular formula is C23H34OS. The number of hydrogen-bond acceptors (Lipinski definition) is 2. The molecule has 0 heterocycles. The molecule has 0 saturated carbocycles. The Morgan fingerprint density at radius 2 is 1.00 bits per heavy atom. The molecule has 0 spiro atoms. The summed E-state index contributed by atoms with van der Waals surface area (Å²) in [4.78, 5) is 0. The number of aliphatic hydroxyl groups is 1. The van der Waals surface area contributed by atoms with Crippen LogP contribution in [-0.2, 0) is 0 Å². The number of thiocarbonyl (C=S) groups is 1. The van der Waals surface area contributed by atoms with E-state index in [-0.39, 0.29) is 12.5 Å². The largest absolute Gasteiger partial charge is 0.396 e. The molecule has 1 N–H and O–H groups in total. The molecule has 0 fully saturated rings. The molecule has 1 nitrogen and oxygen atoms in total. The fourth-order valence-electron chi connectivity index (χ4n) is 1.97. The third-order valence-corrected chi connectivity index (χ3v) is 3.85. The van der Waals surface area contributed by atoms with Gasteiger partial charge in [0.2, 0.25) is 0 Å². The smallest absolute Gasteiger partial charge is 0.0505 e. The summed E-state index contributed by atoms with van der Waals surface area (Å²) in [5, 5.41) is 10.6. The van der Waals surface area contributed by atoms with E-state index in [9.17, 15) is 0 Å². The summed E-state index contributed by atoms with van der Waals surface area (Å²) in [6.45, 7) is 2.29. The van der Waals surface area contributed by atoms with Crippen LogP contribution in [0.25, 0.3) is 0 Å². The van der Waals surface area contributed by atoms with Crippen LogP contribution in [0.5, 0.6) is 0 Å². The summed E-state index contributed by atoms with van der Waals surface area (Å²) < 4.78 is 0. The predicted molar refractivity (Wildman–Crippen MR) is 117 cm³/mol. The number of aliphatic hydroxyl groups excluding tert-OH is 1. The van der Waals surface area contributed by atoms with Crippen molar-refractivity contribution in [3.05, 3.63) is 72.9 Å². The predicted octanol–water partition coefficient (Wildman–Crippen LogP) is 6.68. The average Bonchev–Trinajstić information content (AvgIpc) is 2.64. The Bertz CT molecular complexity index is 466. The first-order valence-corrected chi connectivity index (χ1v) is 9.78. The third-order valence-electron chi connectivity index (χ3n) is 3.46. The van der Waals surface area contributed by atoms with Crippen LogP contribution in [0.2, 0.25) is 0 Å². The minimum atomic E-state index is 0.111. The van der Waals surface area contributed by atoms with Crippen LogP contribution in [0.15, 0.2) is 72.9 Å². The molecule has 0 saturated heterocycles. The SMILES string of the molecule is CC/C=C\C/C=C\C/C=C\C/C=C\C/C=C\C/C=C\CC(C=S)CO. The lowest BCUT2D eigenvalue weighted by molar-refractivity contribution is 0.265. The van der Waals surface area contributed by atoms with E-state index in [2.05, 4.69) is 79.8 Å². The summed E-state index contributed by atoms with van der Waals surface area (Å²) in [6, 6.07) is 0. The normalized spacial score (nSPS) is 14.3. The van der Waals surface area contributed by atoms with Crippen LogP contribution in [-0.4, -0.2) is 17.1 Å². The lowest BCUT2D eigenvalue weighted by atomic mass is 10.1. The van der Waals surface area contributed by atoms with Gasteiger partial charge in [-0.25, -0.2) is 0 Å². The fraction of sp³-hybridized carbons (Fsp3) is 0.435. The second-order valence-corrected chi connectivity index (χ2v) is 6.00. The number of hydrogen-bond donors (Lipinski definition) is 1. The molecule has 138 valence electrons. The van der Waals surface area contributed by atoms with Gasteiger partial charge in [-0.3, -0.25) is 0 Å². The van der Waals surface area contributed by atoms with Crippen LogP contribution in [0, 0.1) is 5.92 Å². The van der Waals surface area contributed by atoms with E-state index in [1.807, 2.05) is 0 Å². The standard InChI is InChI=1S/C23H34OS/c1-2-3-4-5-6-7-8-9-10-11-12-13-14-15-16-17-18-19-20-23(21-24)22-25/h3-4,6-7,9-10,12-13,15-16,18-19,22-24H,2,5,8,11,14,17,20-21H2,1H3/b4-3-,7-6-,10-9-,13-12-,16-15-,19-18-. The van der Waals surface area contributed by atoms with Gasteiger partial charge in [-0.1, -0.05) is 92.1 Å². The highest BCUT2D eigenvalue weighted by atomic mass is 32.1. The first-order valence-electron chi connectivity index (χ1n) is 9.31. The molecule has 0 aliphatic heterocycles. The van der Waals surface area contributed by atoms with Crippen molar-refractivity contribution >= 4 is 17.6 Å². The maximum atomic E-state index is 9.01. The van der Waals surface area contributed by atoms with Gasteiger partial charge in [0, 0.05) is 5.92 Å². The summed E-state index contributed by atoms with van der Waals surface area (Å²) >= 11 is 4.84. The summed E-state index contributed by atoms with van der Waals surface area (Å²) in [7, 11) is 0. The molecule has 1 atom stereocenters. The topological polar surface area (TPSA) is 20.2 Å². The van der Waals surface area contributed by atoms with E-state index >= 15 is 0 Å². The van der Waals surface area contributed by atoms with Crippen LogP contribution in [0.1, 0.15) is 51.9 Å². The van der Waals surface area contributed by atoms with Crippen molar-refractivity contribution in [2.75, 3.05) is 6.61 Å². The minimum Gasteiger partial charge on any atom is -0.396 e. The molecule has 2 heteroatoms. The summed E-state index contributed by atoms with van der Waals surface area (Å²) in [5.41, 5.74) is 0. The van der Waals surface area contributed by atoms with Crippen LogP contribution >= 0.6 is 12.2 Å². The average molecular weight is 359 g/mol. The van der Waals surface area contributed by atoms with Gasteiger partial charge in [-0.15, -0.1) is 0 Å². The second-order valence-electron chi connectivity index (χ2n) is 5.73. The molecule has 0 aromatic rings. The highest BCUT2D eigenvalue weighted by molar-refractivity contribution is 7.79. The van der Waals surface area contributed by atoms with Crippen molar-refractivity contribution in [2.24, 2.45) is 5.92 Å². The zero-order chi connectivity index (χ0) is 18.4. The molecule has 0 rings (SSSR count). The highest BCUT2D eigenvalue weighted by Gasteiger charge is 1.97. The first-order chi connectivity index (χ1) is 12.3. The van der Waals surface area contributed by atoms with Gasteiger partial charge in [-0.05, 0) is 50.3 Å². The van der Waals surface area contributed by atoms with Crippen molar-refractivity contribution in [2.45, 2.75) is 51.9 Å². The molecule has 0 bridgehead atoms. The molecule has 0 aliphatic carbocycles. The summed E-state index contributed by atoms with van der Waals surface area (Å²) in [6.07, 6.45) is 33.1. The molecule has 0 aromatic heterocycles. The van der Waals surface area contributed by atoms with Crippen molar-refractivity contribution in [1.82, 2.24) is 0 Å². The van der Waals surface area contributed by atoms with E-state index in [0.29, 0.717) is 0 Å². The van der Waals surface area contributed by atoms with E-state index in [4.69, 9.17) is 17.3 Å². The Kier molecular flexibility index (Phi) is 19.3. The molecule has 25 heavy (non-hydrogen) atoms. The Morgan fingerprint density at radius 3 is 1.32 bits per heavy atom. The maximum Gasteiger partial charge on any atom is 0.0505 e. The van der Waals surface area contributed by atoms with Crippen molar-refractivity contribution < 1.29 is 5.11 Å². The maximum absolute atomic E-state index is 9.01. The Balaban J connectivity index is 3.59. The van der Waals surface area contributed by atoms with Crippen LogP contribution < -0.4 is 0 Å². The molecular weight excluding hydrogens is 324 g/mol. The Morgan fingerprint density at radius 1 is 0.640 bits per heavy atom. The van der Waals surface area contributed by atoms with Gasteiger partial charge in [0.25, 0.3) is 0 Å². The lowest BCUT2D eigenvalue weighted by Gasteiger charge is -2.01. The highest BCUT2D eigenvalue weighted by Crippen LogP contribution is 2.01. The first kappa shape index (κ1) is 23.5. The van der Waals surface area contributed by atoms with E-state index in [1.54, 1.807) is 5.37 Å². The summed E-state index contributed by atoms with van der Waals surface area (Å²) in [5.74, 6) is 0.111. The monoisotopic (exact) mass is 358 g/mol. The molecule has 0 aliphatic rings. The lowest BCUT2D eigenvalue weighted by Crippen LogP contribution is -2.04. The van der Waals surface area contributed by atoms with Gasteiger partial charge < -0.3 is 5.11 Å². The van der Waals surface area contributed by atoms with Gasteiger partial charge in [0.05, 0.1) is 6.61 Å². The number of allylic oxidation sites excluding steroid dienone is 12. The van der Waals surface area contributed by atoms with Gasteiger partial charge >= 0.3 is 0 Å². The van der Waals surface area contributed by atoms with Gasteiger partial charge in [0.15, 0.2) is 0 Å². The van der Waals surface area contributed by atoms with E-state index in [0.717, 1.165) is 44.9 Å². The van der Waals surface area contributed by atoms with E-state index in [1.165, 1.54) is 0 Å². The van der Waals surface area contributed by atoms with E-state index < -0.39 is 0 Å². The zero-order valence-corrected chi connectivity index (χ0v) is 16.4. The zero-order valence-electron chi connectivity index (χ0n) is 15.6. The Hall–Kier alpha value is -1.51. The molecule has 0 aromatic carbocycles. The third kappa shape index (κ3) is 18.7. The molecule has 1 unspecified atom stereocenters. The molecule has 0 amide bonds. The quantitative estimate of drug-likeness (QED) is 0.260. The van der Waals surface area contributed by atoms with Crippen molar-refractivity contribution in [3.63, 3.8) is 0 Å². The minimum absolute atomic E-state index is 0.111. The second kappa shape index (κ2) is 20.5.